The molecule has 0 aromatic heterocycles. The van der Waals surface area contributed by atoms with Crippen molar-refractivity contribution in [3.05, 3.63) is 43.4 Å². The van der Waals surface area contributed by atoms with Crippen molar-refractivity contribution < 1.29 is 51.6 Å². The van der Waals surface area contributed by atoms with Gasteiger partial charge in [0.15, 0.2) is 0 Å². The third-order valence-electron chi connectivity index (χ3n) is 4.01. The zero-order valence-electron chi connectivity index (χ0n) is 16.6. The molecule has 1 aromatic rings. The summed E-state index contributed by atoms with van der Waals surface area (Å²) in [5, 5.41) is 9.14. The van der Waals surface area contributed by atoms with E-state index in [9.17, 15) is 32.9 Å². The predicted molar refractivity (Wildman–Crippen MR) is 103 cm³/mol. The highest BCUT2D eigenvalue weighted by Gasteiger charge is 2.49. The van der Waals surface area contributed by atoms with Gasteiger partial charge in [0, 0.05) is 16.5 Å². The van der Waals surface area contributed by atoms with Crippen molar-refractivity contribution in [3.8, 4) is 5.75 Å². The molecule has 0 spiro atoms. The van der Waals surface area contributed by atoms with E-state index in [0.717, 1.165) is 6.08 Å². The molecule has 0 bridgehead atoms. The van der Waals surface area contributed by atoms with E-state index in [0.29, 0.717) is 10.0 Å². The van der Waals surface area contributed by atoms with Crippen molar-refractivity contribution in [2.75, 3.05) is 13.4 Å². The van der Waals surface area contributed by atoms with Crippen molar-refractivity contribution >= 4 is 34.1 Å². The molecule has 2 atom stereocenters. The van der Waals surface area contributed by atoms with Crippen LogP contribution in [0.3, 0.4) is 0 Å². The maximum Gasteiger partial charge on any atom is 0.511 e. The van der Waals surface area contributed by atoms with Gasteiger partial charge in [-0.1, -0.05) is 15.9 Å². The van der Waals surface area contributed by atoms with Gasteiger partial charge in [-0.15, -0.1) is 10.1 Å². The van der Waals surface area contributed by atoms with Crippen LogP contribution in [-0.2, 0) is 23.8 Å². The van der Waals surface area contributed by atoms with Crippen molar-refractivity contribution in [1.29, 1.82) is 0 Å². The number of benzene rings is 1. The van der Waals surface area contributed by atoms with Crippen LogP contribution in [0.25, 0.3) is 6.08 Å². The lowest BCUT2D eigenvalue weighted by molar-refractivity contribution is -0.767. The van der Waals surface area contributed by atoms with Crippen LogP contribution < -0.4 is 4.74 Å². The molecule has 10 nitrogen and oxygen atoms in total. The summed E-state index contributed by atoms with van der Waals surface area (Å²) in [4.78, 5) is 38.0. The Morgan fingerprint density at radius 2 is 1.97 bits per heavy atom. The van der Waals surface area contributed by atoms with Crippen LogP contribution in [0, 0.1) is 17.0 Å². The molecule has 1 aliphatic rings. The average Bonchev–Trinajstić information content (AvgIpc) is 2.65. The van der Waals surface area contributed by atoms with E-state index < -0.39 is 48.0 Å². The monoisotopic (exact) mass is 527 g/mol. The lowest BCUT2D eigenvalue weighted by Crippen LogP contribution is -2.41. The van der Waals surface area contributed by atoms with Crippen LogP contribution in [0.2, 0.25) is 0 Å². The SMILES string of the molecule is Cc1cc(Br)cc2c1OC(C(F)(F)F)C(C(=O)OCOC(=O)OCCC(C)O[N+](=O)[O-])=C2. The van der Waals surface area contributed by atoms with Crippen LogP contribution >= 0.6 is 15.9 Å². The Balaban J connectivity index is 1.96. The van der Waals surface area contributed by atoms with Crippen LogP contribution in [0.4, 0.5) is 18.0 Å². The zero-order chi connectivity index (χ0) is 24.1. The van der Waals surface area contributed by atoms with Gasteiger partial charge >= 0.3 is 18.3 Å². The van der Waals surface area contributed by atoms with Gasteiger partial charge in [0.05, 0.1) is 12.2 Å². The molecule has 0 aliphatic carbocycles. The van der Waals surface area contributed by atoms with E-state index in [-0.39, 0.29) is 24.3 Å². The molecule has 0 radical (unpaired) electrons. The maximum atomic E-state index is 13.5. The lowest BCUT2D eigenvalue weighted by atomic mass is 9.99. The van der Waals surface area contributed by atoms with Gasteiger partial charge in [-0.25, -0.2) is 9.59 Å². The molecule has 1 aromatic carbocycles. The van der Waals surface area contributed by atoms with E-state index >= 15 is 0 Å². The number of hydrogen-bond acceptors (Lipinski definition) is 9. The summed E-state index contributed by atoms with van der Waals surface area (Å²) in [7, 11) is 0. The van der Waals surface area contributed by atoms with Crippen molar-refractivity contribution in [2.24, 2.45) is 0 Å². The average molecular weight is 528 g/mol. The molecule has 0 fully saturated rings. The molecule has 0 N–H and O–H groups in total. The number of nitrogens with zero attached hydrogens (tertiary/aromatic N) is 1. The summed E-state index contributed by atoms with van der Waals surface area (Å²) in [6.45, 7) is 1.60. The quantitative estimate of drug-likeness (QED) is 0.212. The summed E-state index contributed by atoms with van der Waals surface area (Å²) in [5.41, 5.74) is -0.169. The fraction of sp³-hybridized carbons (Fsp3) is 0.444. The standard InChI is InChI=1S/C18H17BrF3NO9/c1-9-5-12(19)6-11-7-13(15(18(20,21)22)31-14(9)11)16(24)29-8-30-17(25)28-4-3-10(2)32-23(26)27/h5-7,10,15H,3-4,8H2,1-2H3. The zero-order valence-corrected chi connectivity index (χ0v) is 18.2. The van der Waals surface area contributed by atoms with Crippen molar-refractivity contribution in [2.45, 2.75) is 38.7 Å². The molecular weight excluding hydrogens is 511 g/mol. The molecule has 2 rings (SSSR count). The van der Waals surface area contributed by atoms with E-state index in [1.54, 1.807) is 13.0 Å². The molecule has 176 valence electrons. The molecule has 1 aliphatic heterocycles. The summed E-state index contributed by atoms with van der Waals surface area (Å²) in [6.07, 6.45) is -8.66. The van der Waals surface area contributed by atoms with Gasteiger partial charge in [-0.3, -0.25) is 0 Å². The number of ether oxygens (including phenoxy) is 4. The Labute approximate surface area is 187 Å². The predicted octanol–water partition coefficient (Wildman–Crippen LogP) is 4.11. The first-order chi connectivity index (χ1) is 14.9. The first-order valence-corrected chi connectivity index (χ1v) is 9.70. The highest BCUT2D eigenvalue weighted by atomic mass is 79.9. The second-order valence-corrected chi connectivity index (χ2v) is 7.42. The fourth-order valence-corrected chi connectivity index (χ4v) is 3.21. The highest BCUT2D eigenvalue weighted by Crippen LogP contribution is 2.40. The molecule has 0 saturated carbocycles. The minimum absolute atomic E-state index is 0.0258. The first kappa shape index (κ1) is 25.2. The minimum atomic E-state index is -4.91. The molecule has 32 heavy (non-hydrogen) atoms. The summed E-state index contributed by atoms with van der Waals surface area (Å²) in [6, 6.07) is 3.03. The summed E-state index contributed by atoms with van der Waals surface area (Å²) >= 11 is 3.22. The van der Waals surface area contributed by atoms with Gasteiger partial charge < -0.3 is 23.8 Å². The Hall–Kier alpha value is -3.03. The maximum absolute atomic E-state index is 13.5. The molecular formula is C18H17BrF3NO9. The lowest BCUT2D eigenvalue weighted by Gasteiger charge is -2.28. The number of halogens is 4. The number of rotatable bonds is 8. The summed E-state index contributed by atoms with van der Waals surface area (Å²) in [5.74, 6) is -1.43. The number of aryl methyl sites for hydroxylation is 1. The number of hydrogen-bond donors (Lipinski definition) is 0. The number of fused-ring (bicyclic) bond motifs is 1. The number of alkyl halides is 3. The van der Waals surface area contributed by atoms with Crippen LogP contribution in [0.5, 0.6) is 5.75 Å². The largest absolute Gasteiger partial charge is 0.511 e. The molecule has 0 saturated heterocycles. The van der Waals surface area contributed by atoms with Gasteiger partial charge in [0.25, 0.3) is 5.09 Å². The Bertz CT molecular complexity index is 920. The third kappa shape index (κ3) is 7.00. The van der Waals surface area contributed by atoms with E-state index in [1.165, 1.54) is 13.0 Å². The van der Waals surface area contributed by atoms with Crippen LogP contribution in [0.15, 0.2) is 22.2 Å². The van der Waals surface area contributed by atoms with Crippen LogP contribution in [0.1, 0.15) is 24.5 Å². The Morgan fingerprint density at radius 1 is 1.28 bits per heavy atom. The normalized spacial score (nSPS) is 16.1. The summed E-state index contributed by atoms with van der Waals surface area (Å²) < 4.78 is 59.6. The second-order valence-electron chi connectivity index (χ2n) is 6.50. The van der Waals surface area contributed by atoms with Crippen molar-refractivity contribution in [3.63, 3.8) is 0 Å². The topological polar surface area (TPSA) is 123 Å². The molecule has 0 amide bonds. The van der Waals surface area contributed by atoms with Gasteiger partial charge in [0.1, 0.15) is 11.9 Å². The third-order valence-corrected chi connectivity index (χ3v) is 4.47. The molecule has 2 unspecified atom stereocenters. The number of carbonyl (C=O) groups excluding carboxylic acids is 2. The molecule has 14 heteroatoms. The Morgan fingerprint density at radius 3 is 2.59 bits per heavy atom. The van der Waals surface area contributed by atoms with Gasteiger partial charge in [-0.2, -0.15) is 13.2 Å². The van der Waals surface area contributed by atoms with Crippen LogP contribution in [-0.4, -0.2) is 49.0 Å². The van der Waals surface area contributed by atoms with E-state index in [1.807, 2.05) is 0 Å². The first-order valence-electron chi connectivity index (χ1n) is 8.91. The number of carbonyl (C=O) groups is 2. The second kappa shape index (κ2) is 10.5. The highest BCUT2D eigenvalue weighted by molar-refractivity contribution is 9.10. The van der Waals surface area contributed by atoms with Gasteiger partial charge in [-0.05, 0) is 37.6 Å². The van der Waals surface area contributed by atoms with E-state index in [2.05, 4.69) is 35.0 Å². The number of esters is 1. The Kier molecular flexibility index (Phi) is 8.30. The molecule has 1 heterocycles. The minimum Gasteiger partial charge on any atom is -0.475 e. The van der Waals surface area contributed by atoms with E-state index in [4.69, 9.17) is 4.74 Å². The van der Waals surface area contributed by atoms with Crippen molar-refractivity contribution in [1.82, 2.24) is 0 Å². The fourth-order valence-electron chi connectivity index (χ4n) is 2.62. The smallest absolute Gasteiger partial charge is 0.475 e. The van der Waals surface area contributed by atoms with Gasteiger partial charge in [0.2, 0.25) is 12.9 Å².